The van der Waals surface area contributed by atoms with Crippen LogP contribution >= 0.6 is 11.3 Å². The standard InChI is InChI=1S/C60H41NO2Si.C48H35NSSi/c1-5-18-43(19-6-1)51-29-16-32-56-59(51)60-54(30-17-33-57(60)63-56)61(46-38-39-53-52-28-13-14-31-55(52)62-58(53)41-46)45-36-34-42(35-37-45)44-20-15-27-50(40-44)64(47-21-7-2-8-22-47,48-23-9-3-10-24-48)49-25-11-4-12-26-49;1-6-18-36(19-7-1)43-28-16-30-45-47(43)48-44(29-17-31-46(48)50-45)49(37-20-8-2-9-21-37)38-32-34-42(35-33-38)51(39-22-10-3-11-23-39,40-24-12-4-13-25-40)41-26-14-5-15-27-41/h1-41H;1-35H. The summed E-state index contributed by atoms with van der Waals surface area (Å²) in [5.74, 6) is 0. The quantitative estimate of drug-likeness (QED) is 0.0672. The van der Waals surface area contributed by atoms with Crippen molar-refractivity contribution in [1.82, 2.24) is 0 Å². The number of hydrogen-bond acceptors (Lipinski definition) is 5. The van der Waals surface area contributed by atoms with E-state index >= 15 is 0 Å². The van der Waals surface area contributed by atoms with E-state index in [1.54, 1.807) is 0 Å². The van der Waals surface area contributed by atoms with Gasteiger partial charge < -0.3 is 18.6 Å². The average Bonchev–Trinajstić information content (AvgIpc) is 1.65. The molecular formula is C108H76N2O2SSi2. The molecule has 0 aliphatic heterocycles. The second-order valence-corrected chi connectivity index (χ2v) is 38.0. The third-order valence-corrected chi connectivity index (χ3v) is 33.5. The molecule has 0 atom stereocenters. The van der Waals surface area contributed by atoms with Crippen molar-refractivity contribution in [3.05, 3.63) is 461 Å². The van der Waals surface area contributed by atoms with E-state index in [0.717, 1.165) is 89.0 Å². The van der Waals surface area contributed by atoms with Crippen LogP contribution in [0, 0.1) is 0 Å². The molecular weight excluding hydrogens is 1450 g/mol. The molecule has 115 heavy (non-hydrogen) atoms. The maximum absolute atomic E-state index is 6.66. The van der Waals surface area contributed by atoms with Gasteiger partial charge in [0.05, 0.1) is 16.8 Å². The monoisotopic (exact) mass is 1520 g/mol. The second-order valence-electron chi connectivity index (χ2n) is 29.2. The fraction of sp³-hybridized carbons (Fsp3) is 0. The third kappa shape index (κ3) is 12.6. The van der Waals surface area contributed by atoms with Crippen molar-refractivity contribution < 1.29 is 8.83 Å². The number of hydrogen-bond donors (Lipinski definition) is 0. The molecule has 21 aromatic rings. The highest BCUT2D eigenvalue weighted by atomic mass is 32.1. The Morgan fingerprint density at radius 1 is 0.191 bits per heavy atom. The highest BCUT2D eigenvalue weighted by Crippen LogP contribution is 2.50. The Balaban J connectivity index is 0.000000153. The van der Waals surface area contributed by atoms with E-state index in [-0.39, 0.29) is 0 Å². The minimum Gasteiger partial charge on any atom is -0.456 e. The summed E-state index contributed by atoms with van der Waals surface area (Å²) in [7, 11) is -5.36. The molecule has 0 radical (unpaired) electrons. The fourth-order valence-electron chi connectivity index (χ4n) is 17.8. The van der Waals surface area contributed by atoms with Crippen LogP contribution in [0.2, 0.25) is 0 Å². The molecule has 0 N–H and O–H groups in total. The molecule has 0 aliphatic rings. The van der Waals surface area contributed by atoms with Crippen LogP contribution in [-0.2, 0) is 0 Å². The first-order valence-electron chi connectivity index (χ1n) is 39.3. The predicted octanol–water partition coefficient (Wildman–Crippen LogP) is 24.2. The van der Waals surface area contributed by atoms with Crippen LogP contribution in [-0.4, -0.2) is 16.1 Å². The number of rotatable bonds is 17. The molecule has 0 spiro atoms. The number of nitrogens with zero attached hydrogens (tertiary/aromatic N) is 2. The van der Waals surface area contributed by atoms with Gasteiger partial charge in [-0.05, 0) is 166 Å². The van der Waals surface area contributed by atoms with Crippen LogP contribution < -0.4 is 51.3 Å². The van der Waals surface area contributed by atoms with Gasteiger partial charge in [-0.25, -0.2) is 0 Å². The number of para-hydroxylation sites is 2. The van der Waals surface area contributed by atoms with Gasteiger partial charge >= 0.3 is 0 Å². The van der Waals surface area contributed by atoms with Gasteiger partial charge in [0, 0.05) is 65.1 Å². The molecule has 3 heterocycles. The molecule has 0 amide bonds. The van der Waals surface area contributed by atoms with Crippen LogP contribution in [0.5, 0.6) is 0 Å². The Bertz CT molecular complexity index is 6800. The molecule has 21 rings (SSSR count). The Hall–Kier alpha value is -14.2. The van der Waals surface area contributed by atoms with E-state index in [4.69, 9.17) is 8.83 Å². The van der Waals surface area contributed by atoms with Crippen molar-refractivity contribution >= 4 is 167 Å². The number of anilines is 6. The van der Waals surface area contributed by atoms with Gasteiger partial charge in [0.15, 0.2) is 16.1 Å². The molecule has 7 heteroatoms. The maximum Gasteiger partial charge on any atom is 0.179 e. The van der Waals surface area contributed by atoms with Crippen molar-refractivity contribution in [2.45, 2.75) is 0 Å². The number of thiophene rings is 1. The first kappa shape index (κ1) is 70.0. The summed E-state index contributed by atoms with van der Waals surface area (Å²) in [5.41, 5.74) is 17.0. The minimum atomic E-state index is -2.71. The number of benzene rings is 18. The van der Waals surface area contributed by atoms with Crippen LogP contribution in [0.25, 0.3) is 97.4 Å². The zero-order valence-corrected chi connectivity index (χ0v) is 65.8. The lowest BCUT2D eigenvalue weighted by Gasteiger charge is -2.35. The molecule has 0 unspecified atom stereocenters. The smallest absolute Gasteiger partial charge is 0.179 e. The van der Waals surface area contributed by atoms with Crippen molar-refractivity contribution in [2.75, 3.05) is 9.80 Å². The summed E-state index contributed by atoms with van der Waals surface area (Å²) in [6.07, 6.45) is 0. The Labute approximate surface area is 675 Å². The van der Waals surface area contributed by atoms with Gasteiger partial charge in [-0.1, -0.05) is 364 Å². The maximum atomic E-state index is 6.66. The fourth-order valence-corrected chi connectivity index (χ4v) is 28.5. The van der Waals surface area contributed by atoms with Gasteiger partial charge in [-0.15, -0.1) is 11.3 Å². The number of fused-ring (bicyclic) bond motifs is 9. The average molecular weight is 1520 g/mol. The summed E-state index contributed by atoms with van der Waals surface area (Å²) < 4.78 is 15.7. The van der Waals surface area contributed by atoms with Crippen molar-refractivity contribution in [3.63, 3.8) is 0 Å². The normalized spacial score (nSPS) is 11.7. The lowest BCUT2D eigenvalue weighted by atomic mass is 9.98. The molecule has 0 saturated carbocycles. The minimum absolute atomic E-state index is 0.835. The highest BCUT2D eigenvalue weighted by molar-refractivity contribution is 7.26. The van der Waals surface area contributed by atoms with E-state index in [2.05, 4.69) is 459 Å². The Kier molecular flexibility index (Phi) is 18.5. The molecule has 0 bridgehead atoms. The van der Waals surface area contributed by atoms with Gasteiger partial charge in [0.25, 0.3) is 0 Å². The molecule has 0 saturated heterocycles. The van der Waals surface area contributed by atoms with Gasteiger partial charge in [0.2, 0.25) is 0 Å². The predicted molar refractivity (Wildman–Crippen MR) is 493 cm³/mol. The first-order valence-corrected chi connectivity index (χ1v) is 44.1. The molecule has 0 fully saturated rings. The zero-order chi connectivity index (χ0) is 76.5. The molecule has 0 aliphatic carbocycles. The van der Waals surface area contributed by atoms with Gasteiger partial charge in [-0.2, -0.15) is 0 Å². The summed E-state index contributed by atoms with van der Waals surface area (Å²) in [4.78, 5) is 4.79. The van der Waals surface area contributed by atoms with E-state index < -0.39 is 16.1 Å². The van der Waals surface area contributed by atoms with Crippen LogP contribution in [0.1, 0.15) is 0 Å². The second kappa shape index (κ2) is 30.5. The third-order valence-electron chi connectivity index (χ3n) is 22.8. The van der Waals surface area contributed by atoms with Gasteiger partial charge in [-0.3, -0.25) is 0 Å². The summed E-state index contributed by atoms with van der Waals surface area (Å²) in [6, 6.07) is 168. The van der Waals surface area contributed by atoms with E-state index in [0.29, 0.717) is 0 Å². The molecule has 3 aromatic heterocycles. The SMILES string of the molecule is c1ccc(-c2cccc3oc4cccc(N(c5ccc(-c6cccc([Si](c7ccccc7)(c7ccccc7)c7ccccc7)c6)cc5)c5ccc6c(c5)oc5ccccc56)c4c23)cc1.c1ccc(-c2cccc3sc4cccc(N(c5ccccc5)c5ccc([Si](c6ccccc6)(c6ccccc6)c6ccccc6)cc5)c4c23)cc1. The Morgan fingerprint density at radius 3 is 1.07 bits per heavy atom. The highest BCUT2D eigenvalue weighted by Gasteiger charge is 2.43. The van der Waals surface area contributed by atoms with Crippen LogP contribution in [0.3, 0.4) is 0 Å². The topological polar surface area (TPSA) is 32.8 Å². The largest absolute Gasteiger partial charge is 0.456 e. The first-order chi connectivity index (χ1) is 57.1. The molecule has 4 nitrogen and oxygen atoms in total. The summed E-state index contributed by atoms with van der Waals surface area (Å²) >= 11 is 1.87. The van der Waals surface area contributed by atoms with E-state index in [9.17, 15) is 0 Å². The lowest BCUT2D eigenvalue weighted by Crippen LogP contribution is -2.74. The number of furan rings is 2. The van der Waals surface area contributed by atoms with Crippen molar-refractivity contribution in [3.8, 4) is 33.4 Å². The molecule has 544 valence electrons. The van der Waals surface area contributed by atoms with Crippen LogP contribution in [0.15, 0.2) is 470 Å². The Morgan fingerprint density at radius 2 is 0.530 bits per heavy atom. The van der Waals surface area contributed by atoms with Crippen molar-refractivity contribution in [2.24, 2.45) is 0 Å². The van der Waals surface area contributed by atoms with Gasteiger partial charge in [0.1, 0.15) is 22.3 Å². The summed E-state index contributed by atoms with van der Waals surface area (Å²) in [5, 5.41) is 17.8. The zero-order valence-electron chi connectivity index (χ0n) is 63.0. The lowest BCUT2D eigenvalue weighted by molar-refractivity contribution is 0.669. The van der Waals surface area contributed by atoms with Crippen molar-refractivity contribution in [1.29, 1.82) is 0 Å². The summed E-state index contributed by atoms with van der Waals surface area (Å²) in [6.45, 7) is 0. The molecule has 18 aromatic carbocycles. The van der Waals surface area contributed by atoms with E-state index in [1.807, 2.05) is 23.5 Å². The van der Waals surface area contributed by atoms with E-state index in [1.165, 1.54) is 84.0 Å². The van der Waals surface area contributed by atoms with Crippen LogP contribution in [0.4, 0.5) is 34.1 Å².